The molecule has 0 aliphatic heterocycles. The first-order valence-electron chi connectivity index (χ1n) is 29.0. The van der Waals surface area contributed by atoms with Gasteiger partial charge >= 0.3 is 19.8 Å². The van der Waals surface area contributed by atoms with E-state index in [0.717, 1.165) is 141 Å². The maximum atomic E-state index is 12.7. The Morgan fingerprint density at radius 1 is 0.400 bits per heavy atom. The molecule has 0 heterocycles. The number of rotatable bonds is 52. The van der Waals surface area contributed by atoms with Crippen molar-refractivity contribution in [2.24, 2.45) is 5.73 Å². The molecule has 0 aliphatic carbocycles. The van der Waals surface area contributed by atoms with Crippen LogP contribution in [0, 0.1) is 0 Å². The van der Waals surface area contributed by atoms with E-state index in [-0.39, 0.29) is 32.6 Å². The first-order valence-corrected chi connectivity index (χ1v) is 30.5. The lowest BCUT2D eigenvalue weighted by atomic mass is 10.1. The second kappa shape index (κ2) is 58.9. The largest absolute Gasteiger partial charge is 0.472 e. The fourth-order valence-corrected chi connectivity index (χ4v) is 7.97. The van der Waals surface area contributed by atoms with Crippen molar-refractivity contribution >= 4 is 19.8 Å². The molecule has 0 spiro atoms. The molecule has 2 unspecified atom stereocenters. The summed E-state index contributed by atoms with van der Waals surface area (Å²) in [6.45, 7) is 3.46. The SMILES string of the molecule is CC/C=C\C/C=C\C/C=C\C/C=C\C/C=C\C/C=C\C/C=C\C/C=C\C/C=C\CCCCCCCC(=O)OC(COC(=O)CCCCCCCCCC/C=C\C/C=C\C/C=C\C/C=C\CC)COP(=O)(O)OCCN. The zero-order chi connectivity index (χ0) is 54.5. The van der Waals surface area contributed by atoms with Crippen molar-refractivity contribution in [3.8, 4) is 0 Å². The number of phosphoric ester groups is 1. The second-order valence-electron chi connectivity index (χ2n) is 18.4. The molecule has 2 atom stereocenters. The van der Waals surface area contributed by atoms with Crippen LogP contribution >= 0.6 is 7.82 Å². The quantitative estimate of drug-likeness (QED) is 0.0264. The summed E-state index contributed by atoms with van der Waals surface area (Å²) in [4.78, 5) is 35.2. The fourth-order valence-electron chi connectivity index (χ4n) is 7.21. The van der Waals surface area contributed by atoms with E-state index in [4.69, 9.17) is 24.3 Å². The minimum absolute atomic E-state index is 0.0395. The van der Waals surface area contributed by atoms with Gasteiger partial charge in [-0.05, 0) is 122 Å². The topological polar surface area (TPSA) is 134 Å². The number of phosphoric acid groups is 1. The van der Waals surface area contributed by atoms with Crippen molar-refractivity contribution in [3.05, 3.63) is 158 Å². The highest BCUT2D eigenvalue weighted by Crippen LogP contribution is 2.43. The Hall–Kier alpha value is -4.37. The van der Waals surface area contributed by atoms with Crippen molar-refractivity contribution < 1.29 is 37.6 Å². The standard InChI is InChI=1S/C65H104NO8P/c1-3-5-7-9-11-13-15-17-19-21-23-25-26-27-28-29-30-31-32-33-34-35-36-38-40-42-44-46-48-50-52-54-56-58-65(68)74-63(62-73-75(69,70)72-60-59-66)61-71-64(67)57-55-53-51-49-47-45-43-41-39-37-24-22-20-18-16-14-12-10-8-6-4-2/h5-8,11-14,17-20,23-25,27-28,30-31,33-34,36-38,42,44,63H,3-4,9-10,15-16,21-22,26,29,32,35,39-41,43,45-62,66H2,1-2H3,(H,69,70)/b7-5-,8-6-,13-11-,14-12-,19-17-,20-18-,25-23-,28-27-,31-30-,34-33-,37-24-,38-36-,44-42-. The van der Waals surface area contributed by atoms with Gasteiger partial charge < -0.3 is 20.1 Å². The van der Waals surface area contributed by atoms with Crippen molar-refractivity contribution in [2.45, 2.75) is 213 Å². The molecule has 3 N–H and O–H groups in total. The number of allylic oxidation sites excluding steroid dienone is 26. The van der Waals surface area contributed by atoms with E-state index in [9.17, 15) is 19.0 Å². The van der Waals surface area contributed by atoms with Crippen molar-refractivity contribution in [1.82, 2.24) is 0 Å². The van der Waals surface area contributed by atoms with Crippen LogP contribution in [-0.2, 0) is 32.7 Å². The van der Waals surface area contributed by atoms with E-state index in [2.05, 4.69) is 172 Å². The van der Waals surface area contributed by atoms with E-state index in [1.54, 1.807) is 0 Å². The maximum absolute atomic E-state index is 12.7. The highest BCUT2D eigenvalue weighted by Gasteiger charge is 2.26. The van der Waals surface area contributed by atoms with E-state index < -0.39 is 32.5 Å². The van der Waals surface area contributed by atoms with Gasteiger partial charge in [0.25, 0.3) is 0 Å². The van der Waals surface area contributed by atoms with Gasteiger partial charge in [0.2, 0.25) is 0 Å². The van der Waals surface area contributed by atoms with Crippen LogP contribution in [0.15, 0.2) is 158 Å². The van der Waals surface area contributed by atoms with Crippen molar-refractivity contribution in [1.29, 1.82) is 0 Å². The zero-order valence-electron chi connectivity index (χ0n) is 47.0. The summed E-state index contributed by atoms with van der Waals surface area (Å²) in [6, 6.07) is 0. The Morgan fingerprint density at radius 2 is 0.693 bits per heavy atom. The molecular weight excluding hydrogens is 954 g/mol. The summed E-state index contributed by atoms with van der Waals surface area (Å²) in [5.41, 5.74) is 5.38. The van der Waals surface area contributed by atoms with Crippen molar-refractivity contribution in [2.75, 3.05) is 26.4 Å². The first-order chi connectivity index (χ1) is 36.8. The molecule has 0 aromatic rings. The van der Waals surface area contributed by atoms with Gasteiger partial charge in [-0.25, -0.2) is 4.57 Å². The predicted octanol–water partition coefficient (Wildman–Crippen LogP) is 18.5. The summed E-state index contributed by atoms with van der Waals surface area (Å²) in [7, 11) is -4.41. The minimum Gasteiger partial charge on any atom is -0.462 e. The molecule has 0 fully saturated rings. The van der Waals surface area contributed by atoms with E-state index in [0.29, 0.717) is 12.8 Å². The van der Waals surface area contributed by atoms with Crippen LogP contribution in [0.4, 0.5) is 0 Å². The van der Waals surface area contributed by atoms with Crippen LogP contribution in [-0.4, -0.2) is 49.3 Å². The number of nitrogens with two attached hydrogens (primary N) is 1. The van der Waals surface area contributed by atoms with Crippen molar-refractivity contribution in [3.63, 3.8) is 0 Å². The van der Waals surface area contributed by atoms with Gasteiger partial charge in [0.1, 0.15) is 6.61 Å². The average molecular weight is 1060 g/mol. The predicted molar refractivity (Wildman–Crippen MR) is 320 cm³/mol. The summed E-state index contributed by atoms with van der Waals surface area (Å²) in [5, 5.41) is 0. The highest BCUT2D eigenvalue weighted by atomic mass is 31.2. The maximum Gasteiger partial charge on any atom is 0.472 e. The number of unbranched alkanes of at least 4 members (excludes halogenated alkanes) is 13. The molecule has 0 saturated carbocycles. The van der Waals surface area contributed by atoms with Gasteiger partial charge in [0.15, 0.2) is 6.10 Å². The van der Waals surface area contributed by atoms with Crippen LogP contribution in [0.5, 0.6) is 0 Å². The highest BCUT2D eigenvalue weighted by molar-refractivity contribution is 7.47. The molecule has 0 rings (SSSR count). The van der Waals surface area contributed by atoms with Crippen LogP contribution in [0.25, 0.3) is 0 Å². The minimum atomic E-state index is -4.41. The Kier molecular flexibility index (Phi) is 55.5. The summed E-state index contributed by atoms with van der Waals surface area (Å²) in [5.74, 6) is -0.873. The number of ether oxygens (including phenoxy) is 2. The third-order valence-corrected chi connectivity index (χ3v) is 12.4. The number of hydrogen-bond donors (Lipinski definition) is 2. The van der Waals surface area contributed by atoms with Gasteiger partial charge in [0, 0.05) is 19.4 Å². The molecule has 0 saturated heterocycles. The second-order valence-corrected chi connectivity index (χ2v) is 19.8. The molecule has 0 aliphatic rings. The Bertz CT molecular complexity index is 1780. The molecule has 422 valence electrons. The number of esters is 2. The van der Waals surface area contributed by atoms with E-state index in [1.165, 1.54) is 25.7 Å². The van der Waals surface area contributed by atoms with E-state index >= 15 is 0 Å². The lowest BCUT2D eigenvalue weighted by Gasteiger charge is -2.19. The first kappa shape index (κ1) is 70.6. The Morgan fingerprint density at radius 3 is 1.03 bits per heavy atom. The van der Waals surface area contributed by atoms with Gasteiger partial charge in [0.05, 0.1) is 13.2 Å². The van der Waals surface area contributed by atoms with Crippen LogP contribution in [0.2, 0.25) is 0 Å². The van der Waals surface area contributed by atoms with Gasteiger partial charge in [-0.2, -0.15) is 0 Å². The molecular formula is C65H104NO8P. The summed E-state index contributed by atoms with van der Waals surface area (Å²) in [6.07, 6.45) is 85.7. The fraction of sp³-hybridized carbons (Fsp3) is 0.569. The van der Waals surface area contributed by atoms with Gasteiger partial charge in [-0.15, -0.1) is 0 Å². The monoisotopic (exact) mass is 1060 g/mol. The average Bonchev–Trinajstić information content (AvgIpc) is 3.40. The van der Waals surface area contributed by atoms with Gasteiger partial charge in [-0.1, -0.05) is 230 Å². The molecule has 75 heavy (non-hydrogen) atoms. The molecule has 0 aromatic carbocycles. The van der Waals surface area contributed by atoms with Crippen LogP contribution in [0.3, 0.4) is 0 Å². The van der Waals surface area contributed by atoms with E-state index in [1.807, 2.05) is 0 Å². The Balaban J connectivity index is 4.11. The molecule has 0 radical (unpaired) electrons. The number of carbonyl (C=O) groups is 2. The molecule has 0 bridgehead atoms. The summed E-state index contributed by atoms with van der Waals surface area (Å²) < 4.78 is 33.0. The third-order valence-electron chi connectivity index (χ3n) is 11.4. The zero-order valence-corrected chi connectivity index (χ0v) is 47.9. The molecule has 10 heteroatoms. The lowest BCUT2D eigenvalue weighted by Crippen LogP contribution is -2.29. The normalized spacial score (nSPS) is 14.2. The molecule has 9 nitrogen and oxygen atoms in total. The number of carbonyl (C=O) groups excluding carboxylic acids is 2. The van der Waals surface area contributed by atoms with Crippen LogP contribution in [0.1, 0.15) is 206 Å². The smallest absolute Gasteiger partial charge is 0.462 e. The lowest BCUT2D eigenvalue weighted by molar-refractivity contribution is -0.161. The van der Waals surface area contributed by atoms with Crippen LogP contribution < -0.4 is 5.73 Å². The Labute approximate surface area is 458 Å². The number of hydrogen-bond acceptors (Lipinski definition) is 8. The third kappa shape index (κ3) is 58.7. The molecule has 0 amide bonds. The summed E-state index contributed by atoms with van der Waals surface area (Å²) >= 11 is 0. The van der Waals surface area contributed by atoms with Gasteiger partial charge in [-0.3, -0.25) is 18.6 Å². The molecule has 0 aromatic heterocycles.